The lowest BCUT2D eigenvalue weighted by atomic mass is 10.0. The summed E-state index contributed by atoms with van der Waals surface area (Å²) in [6.45, 7) is 2.23. The number of amidine groups is 1. The van der Waals surface area contributed by atoms with Gasteiger partial charge in [0.2, 0.25) is 5.88 Å². The van der Waals surface area contributed by atoms with Crippen molar-refractivity contribution in [2.24, 2.45) is 11.0 Å². The molecule has 5 rings (SSSR count). The van der Waals surface area contributed by atoms with E-state index >= 15 is 0 Å². The molecule has 0 spiro atoms. The zero-order valence-electron chi connectivity index (χ0n) is 21.3. The van der Waals surface area contributed by atoms with Crippen LogP contribution < -0.4 is 16.1 Å². The highest BCUT2D eigenvalue weighted by molar-refractivity contribution is 7.67. The van der Waals surface area contributed by atoms with Gasteiger partial charge in [-0.3, -0.25) is 19.5 Å². The normalized spacial score (nSPS) is 19.2. The summed E-state index contributed by atoms with van der Waals surface area (Å²) in [6.07, 6.45) is 6.56. The van der Waals surface area contributed by atoms with Crippen molar-refractivity contribution in [3.05, 3.63) is 81.4 Å². The molecule has 1 saturated carbocycles. The van der Waals surface area contributed by atoms with Gasteiger partial charge in [-0.25, -0.2) is 0 Å². The largest absolute Gasteiger partial charge is 0.365 e. The quantitative estimate of drug-likeness (QED) is 0.337. The maximum Gasteiger partial charge on any atom is 0.300 e. The molecule has 0 radical (unpaired) electrons. The average Bonchev–Trinajstić information content (AvgIpc) is 3.67. The molecule has 3 heterocycles. The van der Waals surface area contributed by atoms with Gasteiger partial charge >= 0.3 is 11.0 Å². The first-order valence-electron chi connectivity index (χ1n) is 12.5. The van der Waals surface area contributed by atoms with Crippen LogP contribution in [0.1, 0.15) is 41.7 Å². The summed E-state index contributed by atoms with van der Waals surface area (Å²) in [5.74, 6) is -0.488. The number of rotatable bonds is 8. The molecular weight excluding hydrogens is 579 g/mol. The fourth-order valence-corrected chi connectivity index (χ4v) is 5.32. The van der Waals surface area contributed by atoms with Crippen molar-refractivity contribution < 1.29 is 22.2 Å². The van der Waals surface area contributed by atoms with Crippen LogP contribution >= 0.6 is 23.2 Å². The van der Waals surface area contributed by atoms with Gasteiger partial charge in [-0.2, -0.15) is 13.5 Å². The van der Waals surface area contributed by atoms with Gasteiger partial charge in [0.25, 0.3) is 11.8 Å². The molecule has 3 N–H and O–H groups in total. The van der Waals surface area contributed by atoms with Crippen LogP contribution in [-0.4, -0.2) is 55.1 Å². The number of benzene rings is 1. The van der Waals surface area contributed by atoms with Crippen LogP contribution in [-0.2, 0) is 20.0 Å². The zero-order valence-corrected chi connectivity index (χ0v) is 23.7. The van der Waals surface area contributed by atoms with Gasteiger partial charge in [0, 0.05) is 35.5 Å². The number of aromatic nitrogens is 1. The maximum atomic E-state index is 13.4. The van der Waals surface area contributed by atoms with Crippen LogP contribution in [0.3, 0.4) is 0 Å². The Morgan fingerprint density at radius 3 is 2.70 bits per heavy atom. The van der Waals surface area contributed by atoms with Gasteiger partial charge < -0.3 is 20.2 Å². The molecule has 3 aliphatic rings. The molecule has 0 saturated heterocycles. The van der Waals surface area contributed by atoms with Crippen LogP contribution in [0.5, 0.6) is 0 Å². The van der Waals surface area contributed by atoms with Crippen molar-refractivity contribution in [2.75, 3.05) is 18.4 Å². The predicted octanol–water partition coefficient (Wildman–Crippen LogP) is 3.18. The molecule has 2 amide bonds. The number of pyridine rings is 1. The molecule has 2 unspecified atom stereocenters. The average molecular weight is 606 g/mol. The molecule has 11 nitrogen and oxygen atoms in total. The Bertz CT molecular complexity index is 1510. The number of nitrogens with zero attached hydrogens (tertiary/aromatic N) is 3. The SMILES string of the molecule is CC(NC(=O)c1cc(Cl)ccc1NC(=O)C1=CC=C(O[SH](=O)=O)N(C2=NNCC2c2ncccc2Cl)C1)C1CC1. The molecule has 2 atom stereocenters. The van der Waals surface area contributed by atoms with E-state index in [1.54, 1.807) is 30.5 Å². The smallest absolute Gasteiger partial charge is 0.300 e. The van der Waals surface area contributed by atoms with E-state index in [1.165, 1.54) is 23.1 Å². The Balaban J connectivity index is 1.39. The fourth-order valence-electron chi connectivity index (χ4n) is 4.58. The zero-order chi connectivity index (χ0) is 28.4. The van der Waals surface area contributed by atoms with E-state index in [4.69, 9.17) is 27.4 Å². The van der Waals surface area contributed by atoms with Gasteiger partial charge in [-0.15, -0.1) is 0 Å². The topological polar surface area (TPSA) is 142 Å². The molecule has 1 fully saturated rings. The van der Waals surface area contributed by atoms with Gasteiger partial charge in [0.05, 0.1) is 34.4 Å². The second kappa shape index (κ2) is 11.9. The Morgan fingerprint density at radius 2 is 1.98 bits per heavy atom. The standard InChI is InChI=1S/C26H26Cl2N6O5S/c1-14(15-4-5-15)31-26(36)18-11-17(27)7-8-21(18)32-25(35)16-6-9-22(39-40(37)38)34(13-16)24-19(12-30-33-24)23-20(28)3-2-10-29-23/h2-3,6-11,14-15,19,30,40H,4-5,12-13H2,1H3,(H,31,36)(H,32,35). The number of amides is 2. The van der Waals surface area contributed by atoms with E-state index in [1.807, 2.05) is 6.92 Å². The lowest BCUT2D eigenvalue weighted by Gasteiger charge is -2.30. The van der Waals surface area contributed by atoms with Crippen molar-refractivity contribution in [3.8, 4) is 0 Å². The summed E-state index contributed by atoms with van der Waals surface area (Å²) >= 11 is 12.5. The molecular formula is C26H26Cl2N6O5S. The highest BCUT2D eigenvalue weighted by Crippen LogP contribution is 2.33. The van der Waals surface area contributed by atoms with Crippen LogP contribution in [0.15, 0.2) is 65.2 Å². The molecule has 1 aromatic carbocycles. The Kier molecular flexibility index (Phi) is 8.29. The van der Waals surface area contributed by atoms with Crippen LogP contribution in [0.25, 0.3) is 0 Å². The molecule has 1 aliphatic carbocycles. The molecule has 210 valence electrons. The summed E-state index contributed by atoms with van der Waals surface area (Å²) < 4.78 is 27.9. The summed E-state index contributed by atoms with van der Waals surface area (Å²) in [5, 5.41) is 10.9. The molecule has 2 aromatic rings. The first kappa shape index (κ1) is 27.9. The Morgan fingerprint density at radius 1 is 1.18 bits per heavy atom. The number of halogens is 2. The highest BCUT2D eigenvalue weighted by Gasteiger charge is 2.36. The van der Waals surface area contributed by atoms with E-state index in [0.717, 1.165) is 12.8 Å². The van der Waals surface area contributed by atoms with Gasteiger partial charge in [-0.05, 0) is 62.1 Å². The second-order valence-corrected chi connectivity index (χ2v) is 11.1. The summed E-state index contributed by atoms with van der Waals surface area (Å²) in [6, 6.07) is 8.05. The summed E-state index contributed by atoms with van der Waals surface area (Å²) in [4.78, 5) is 32.3. The molecule has 2 aliphatic heterocycles. The van der Waals surface area contributed by atoms with E-state index in [2.05, 4.69) is 26.1 Å². The van der Waals surface area contributed by atoms with Crippen LogP contribution in [0, 0.1) is 5.92 Å². The third-order valence-electron chi connectivity index (χ3n) is 6.84. The summed E-state index contributed by atoms with van der Waals surface area (Å²) in [5.41, 5.74) is 4.22. The maximum absolute atomic E-state index is 13.4. The van der Waals surface area contributed by atoms with E-state index < -0.39 is 22.8 Å². The van der Waals surface area contributed by atoms with Crippen molar-refractivity contribution in [2.45, 2.75) is 31.7 Å². The summed E-state index contributed by atoms with van der Waals surface area (Å²) in [7, 11) is -3.24. The predicted molar refractivity (Wildman–Crippen MR) is 151 cm³/mol. The van der Waals surface area contributed by atoms with Crippen molar-refractivity contribution in [3.63, 3.8) is 0 Å². The van der Waals surface area contributed by atoms with Gasteiger partial charge in [0.1, 0.15) is 5.84 Å². The minimum absolute atomic E-state index is 0.00191. The minimum atomic E-state index is -3.24. The monoisotopic (exact) mass is 604 g/mol. The highest BCUT2D eigenvalue weighted by atomic mass is 35.5. The lowest BCUT2D eigenvalue weighted by molar-refractivity contribution is -0.113. The molecule has 40 heavy (non-hydrogen) atoms. The van der Waals surface area contributed by atoms with Crippen molar-refractivity contribution in [1.29, 1.82) is 0 Å². The van der Waals surface area contributed by atoms with Crippen molar-refractivity contribution in [1.82, 2.24) is 20.6 Å². The Labute approximate surface area is 242 Å². The number of allylic oxidation sites excluding steroid dienone is 2. The Hall–Kier alpha value is -3.61. The lowest BCUT2D eigenvalue weighted by Crippen LogP contribution is -2.39. The fraction of sp³-hybridized carbons (Fsp3) is 0.308. The van der Waals surface area contributed by atoms with E-state index in [-0.39, 0.29) is 41.2 Å². The number of hydrogen-bond acceptors (Lipinski definition) is 9. The van der Waals surface area contributed by atoms with Gasteiger partial charge in [-0.1, -0.05) is 23.2 Å². The number of anilines is 1. The third kappa shape index (κ3) is 6.24. The van der Waals surface area contributed by atoms with Gasteiger partial charge in [0.15, 0.2) is 0 Å². The van der Waals surface area contributed by atoms with Crippen LogP contribution in [0.2, 0.25) is 10.0 Å². The van der Waals surface area contributed by atoms with Crippen LogP contribution in [0.4, 0.5) is 5.69 Å². The first-order valence-corrected chi connectivity index (χ1v) is 14.4. The first-order chi connectivity index (χ1) is 19.2. The number of thiol groups is 1. The third-order valence-corrected chi connectivity index (χ3v) is 7.73. The molecule has 0 bridgehead atoms. The van der Waals surface area contributed by atoms with E-state index in [0.29, 0.717) is 34.0 Å². The molecule has 1 aromatic heterocycles. The minimum Gasteiger partial charge on any atom is -0.365 e. The number of hydrogen-bond donors (Lipinski definition) is 4. The molecule has 14 heteroatoms. The second-order valence-electron chi connectivity index (χ2n) is 9.60. The number of carbonyl (C=O) groups is 2. The number of hydrazone groups is 1. The van der Waals surface area contributed by atoms with Crippen molar-refractivity contribution >= 4 is 57.5 Å². The van der Waals surface area contributed by atoms with E-state index in [9.17, 15) is 18.0 Å². The number of nitrogens with one attached hydrogen (secondary N) is 3. The number of carbonyl (C=O) groups excluding carboxylic acids is 2.